The Morgan fingerprint density at radius 1 is 1.25 bits per heavy atom. The predicted octanol–water partition coefficient (Wildman–Crippen LogP) is 4.56. The molecule has 0 fully saturated rings. The summed E-state index contributed by atoms with van der Waals surface area (Å²) in [4.78, 5) is 0.398. The van der Waals surface area contributed by atoms with Crippen molar-refractivity contribution in [3.05, 3.63) is 63.6 Å². The number of halogens is 1. The van der Waals surface area contributed by atoms with Crippen molar-refractivity contribution < 1.29 is 0 Å². The molecule has 0 amide bonds. The van der Waals surface area contributed by atoms with Gasteiger partial charge in [0.05, 0.1) is 0 Å². The van der Waals surface area contributed by atoms with Crippen LogP contribution in [0.5, 0.6) is 0 Å². The Labute approximate surface area is 133 Å². The fraction of sp³-hybridized carbons (Fsp3) is 0.188. The van der Waals surface area contributed by atoms with E-state index in [-0.39, 0.29) is 6.04 Å². The van der Waals surface area contributed by atoms with Crippen LogP contribution in [0.2, 0.25) is 0 Å². The van der Waals surface area contributed by atoms with Crippen molar-refractivity contribution in [2.24, 2.45) is 5.73 Å². The van der Waals surface area contributed by atoms with E-state index in [1.807, 2.05) is 18.2 Å². The van der Waals surface area contributed by atoms with Gasteiger partial charge < -0.3 is 11.1 Å². The lowest BCUT2D eigenvalue weighted by Gasteiger charge is -2.18. The molecule has 1 atom stereocenters. The first-order valence-corrected chi connectivity index (χ1v) is 7.60. The molecule has 0 heterocycles. The predicted molar refractivity (Wildman–Crippen MR) is 93.2 cm³/mol. The van der Waals surface area contributed by atoms with Gasteiger partial charge in [-0.2, -0.15) is 0 Å². The standard InChI is InChI=1S/C16H17BrN2S/c1-10-5-3-4-6-13(10)11(2)19-12-7-8-14(16(18)20)15(17)9-12/h3-9,11,19H,1-2H3,(H2,18,20). The van der Waals surface area contributed by atoms with E-state index in [9.17, 15) is 0 Å². The van der Waals surface area contributed by atoms with Crippen LogP contribution in [0.25, 0.3) is 0 Å². The largest absolute Gasteiger partial charge is 0.389 e. The van der Waals surface area contributed by atoms with Gasteiger partial charge in [0.1, 0.15) is 4.99 Å². The van der Waals surface area contributed by atoms with E-state index in [1.54, 1.807) is 0 Å². The molecule has 20 heavy (non-hydrogen) atoms. The van der Waals surface area contributed by atoms with Gasteiger partial charge in [0.15, 0.2) is 0 Å². The van der Waals surface area contributed by atoms with Crippen molar-refractivity contribution >= 4 is 38.8 Å². The number of hydrogen-bond acceptors (Lipinski definition) is 2. The Morgan fingerprint density at radius 3 is 2.55 bits per heavy atom. The monoisotopic (exact) mass is 348 g/mol. The highest BCUT2D eigenvalue weighted by Gasteiger charge is 2.09. The molecule has 0 aliphatic carbocycles. The van der Waals surface area contributed by atoms with Gasteiger partial charge in [-0.05, 0) is 59.1 Å². The lowest BCUT2D eigenvalue weighted by Crippen LogP contribution is -2.11. The molecule has 2 rings (SSSR count). The van der Waals surface area contributed by atoms with Gasteiger partial charge in [0.25, 0.3) is 0 Å². The highest BCUT2D eigenvalue weighted by molar-refractivity contribution is 9.10. The molecule has 3 N–H and O–H groups in total. The van der Waals surface area contributed by atoms with Crippen molar-refractivity contribution in [3.63, 3.8) is 0 Å². The van der Waals surface area contributed by atoms with E-state index in [1.165, 1.54) is 11.1 Å². The van der Waals surface area contributed by atoms with Crippen LogP contribution in [0, 0.1) is 6.92 Å². The Morgan fingerprint density at radius 2 is 1.95 bits per heavy atom. The van der Waals surface area contributed by atoms with E-state index in [4.69, 9.17) is 18.0 Å². The summed E-state index contributed by atoms with van der Waals surface area (Å²) in [5.74, 6) is 0. The molecule has 0 aliphatic heterocycles. The first-order chi connectivity index (χ1) is 9.49. The van der Waals surface area contributed by atoms with Crippen LogP contribution in [-0.2, 0) is 0 Å². The fourth-order valence-corrected chi connectivity index (χ4v) is 3.11. The average molecular weight is 349 g/mol. The van der Waals surface area contributed by atoms with E-state index < -0.39 is 0 Å². The van der Waals surface area contributed by atoms with Crippen LogP contribution >= 0.6 is 28.1 Å². The van der Waals surface area contributed by atoms with Gasteiger partial charge in [0, 0.05) is 21.8 Å². The maximum absolute atomic E-state index is 5.66. The number of anilines is 1. The molecule has 0 aromatic heterocycles. The van der Waals surface area contributed by atoms with Crippen LogP contribution in [0.15, 0.2) is 46.9 Å². The molecule has 0 saturated heterocycles. The summed E-state index contributed by atoms with van der Waals surface area (Å²) in [6.45, 7) is 4.27. The quantitative estimate of drug-likeness (QED) is 0.795. The molecule has 104 valence electrons. The second kappa shape index (κ2) is 6.37. The molecule has 2 aromatic rings. The molecule has 0 spiro atoms. The van der Waals surface area contributed by atoms with E-state index >= 15 is 0 Å². The summed E-state index contributed by atoms with van der Waals surface area (Å²) in [5.41, 5.74) is 10.1. The molecule has 1 unspecified atom stereocenters. The minimum absolute atomic E-state index is 0.235. The first kappa shape index (κ1) is 15.0. The number of hydrogen-bond donors (Lipinski definition) is 2. The zero-order valence-corrected chi connectivity index (χ0v) is 13.9. The molecule has 0 bridgehead atoms. The molecule has 4 heteroatoms. The van der Waals surface area contributed by atoms with Crippen molar-refractivity contribution in [2.75, 3.05) is 5.32 Å². The van der Waals surface area contributed by atoms with Crippen molar-refractivity contribution in [1.82, 2.24) is 0 Å². The summed E-state index contributed by atoms with van der Waals surface area (Å²) < 4.78 is 0.909. The highest BCUT2D eigenvalue weighted by Crippen LogP contribution is 2.26. The lowest BCUT2D eigenvalue weighted by molar-refractivity contribution is 0.874. The normalized spacial score (nSPS) is 11.9. The Balaban J connectivity index is 2.20. The molecule has 2 aromatic carbocycles. The lowest BCUT2D eigenvalue weighted by atomic mass is 10.0. The number of rotatable bonds is 4. The van der Waals surface area contributed by atoms with E-state index in [0.717, 1.165) is 15.7 Å². The Bertz CT molecular complexity index is 640. The van der Waals surface area contributed by atoms with Gasteiger partial charge in [-0.15, -0.1) is 0 Å². The molecule has 0 saturated carbocycles. The van der Waals surface area contributed by atoms with Gasteiger partial charge >= 0.3 is 0 Å². The van der Waals surface area contributed by atoms with Crippen LogP contribution in [0.4, 0.5) is 5.69 Å². The molecule has 0 radical (unpaired) electrons. The van der Waals surface area contributed by atoms with E-state index in [2.05, 4.69) is 59.4 Å². The Hall–Kier alpha value is -1.39. The zero-order chi connectivity index (χ0) is 14.7. The maximum Gasteiger partial charge on any atom is 0.105 e. The minimum Gasteiger partial charge on any atom is -0.389 e. The third-order valence-corrected chi connectivity index (χ3v) is 4.15. The highest BCUT2D eigenvalue weighted by atomic mass is 79.9. The first-order valence-electron chi connectivity index (χ1n) is 6.40. The van der Waals surface area contributed by atoms with Crippen LogP contribution < -0.4 is 11.1 Å². The summed E-state index contributed by atoms with van der Waals surface area (Å²) in [6.07, 6.45) is 0. The number of aryl methyl sites for hydroxylation is 1. The third kappa shape index (κ3) is 3.38. The smallest absolute Gasteiger partial charge is 0.105 e. The van der Waals surface area contributed by atoms with Crippen molar-refractivity contribution in [1.29, 1.82) is 0 Å². The van der Waals surface area contributed by atoms with Crippen LogP contribution in [0.3, 0.4) is 0 Å². The SMILES string of the molecule is Cc1ccccc1C(C)Nc1ccc(C(N)=S)c(Br)c1. The van der Waals surface area contributed by atoms with Crippen molar-refractivity contribution in [3.8, 4) is 0 Å². The fourth-order valence-electron chi connectivity index (χ4n) is 2.21. The van der Waals surface area contributed by atoms with Gasteiger partial charge in [-0.25, -0.2) is 0 Å². The number of thiocarbonyl (C=S) groups is 1. The molecule has 0 aliphatic rings. The Kier molecular flexibility index (Phi) is 4.78. The van der Waals surface area contributed by atoms with Gasteiger partial charge in [-0.3, -0.25) is 0 Å². The zero-order valence-electron chi connectivity index (χ0n) is 11.5. The second-order valence-electron chi connectivity index (χ2n) is 4.78. The number of benzene rings is 2. The third-order valence-electron chi connectivity index (χ3n) is 3.27. The maximum atomic E-state index is 5.66. The molecule has 2 nitrogen and oxygen atoms in total. The topological polar surface area (TPSA) is 38.0 Å². The number of nitrogens with two attached hydrogens (primary N) is 1. The van der Waals surface area contributed by atoms with Crippen LogP contribution in [-0.4, -0.2) is 4.99 Å². The summed E-state index contributed by atoms with van der Waals surface area (Å²) in [7, 11) is 0. The van der Waals surface area contributed by atoms with Gasteiger partial charge in [-0.1, -0.05) is 36.5 Å². The molecular weight excluding hydrogens is 332 g/mol. The van der Waals surface area contributed by atoms with Crippen molar-refractivity contribution in [2.45, 2.75) is 19.9 Å². The summed E-state index contributed by atoms with van der Waals surface area (Å²) >= 11 is 8.50. The minimum atomic E-state index is 0.235. The second-order valence-corrected chi connectivity index (χ2v) is 6.08. The summed E-state index contributed by atoms with van der Waals surface area (Å²) in [6, 6.07) is 14.5. The summed E-state index contributed by atoms with van der Waals surface area (Å²) in [5, 5.41) is 3.49. The van der Waals surface area contributed by atoms with Gasteiger partial charge in [0.2, 0.25) is 0 Å². The number of nitrogens with one attached hydrogen (secondary N) is 1. The van der Waals surface area contributed by atoms with E-state index in [0.29, 0.717) is 4.99 Å². The van der Waals surface area contributed by atoms with Crippen LogP contribution in [0.1, 0.15) is 29.7 Å². The molecular formula is C16H17BrN2S. The average Bonchev–Trinajstić information content (AvgIpc) is 2.38.